The Kier molecular flexibility index (Phi) is 6.40. The SMILES string of the molecule is CCSCC(NN)c1cccc(OC(C)C)c1. The number of hydrazine groups is 1. The van der Waals surface area contributed by atoms with Crippen molar-refractivity contribution < 1.29 is 4.74 Å². The Balaban J connectivity index is 2.73. The molecule has 0 saturated carbocycles. The van der Waals surface area contributed by atoms with Crippen molar-refractivity contribution in [2.24, 2.45) is 5.84 Å². The van der Waals surface area contributed by atoms with Gasteiger partial charge in [-0.2, -0.15) is 11.8 Å². The highest BCUT2D eigenvalue weighted by atomic mass is 32.2. The molecule has 0 fully saturated rings. The summed E-state index contributed by atoms with van der Waals surface area (Å²) in [6, 6.07) is 8.29. The highest BCUT2D eigenvalue weighted by Gasteiger charge is 2.10. The number of hydrogen-bond donors (Lipinski definition) is 2. The monoisotopic (exact) mass is 254 g/mol. The van der Waals surface area contributed by atoms with Crippen molar-refractivity contribution in [3.8, 4) is 5.75 Å². The maximum Gasteiger partial charge on any atom is 0.120 e. The average Bonchev–Trinajstić information content (AvgIpc) is 2.30. The molecule has 0 aliphatic heterocycles. The third-order valence-electron chi connectivity index (χ3n) is 2.32. The lowest BCUT2D eigenvalue weighted by Gasteiger charge is -2.17. The predicted octanol–water partition coefficient (Wildman–Crippen LogP) is 2.73. The van der Waals surface area contributed by atoms with Gasteiger partial charge in [-0.1, -0.05) is 19.1 Å². The number of benzene rings is 1. The first-order valence-electron chi connectivity index (χ1n) is 5.97. The highest BCUT2D eigenvalue weighted by Crippen LogP contribution is 2.22. The molecule has 0 saturated heterocycles. The largest absolute Gasteiger partial charge is 0.491 e. The summed E-state index contributed by atoms with van der Waals surface area (Å²) in [7, 11) is 0. The topological polar surface area (TPSA) is 47.3 Å². The van der Waals surface area contributed by atoms with E-state index >= 15 is 0 Å². The molecule has 1 rings (SSSR count). The van der Waals surface area contributed by atoms with Crippen molar-refractivity contribution in [3.63, 3.8) is 0 Å². The zero-order valence-electron chi connectivity index (χ0n) is 10.8. The lowest BCUT2D eigenvalue weighted by molar-refractivity contribution is 0.242. The number of ether oxygens (including phenoxy) is 1. The van der Waals surface area contributed by atoms with Gasteiger partial charge in [-0.05, 0) is 37.3 Å². The molecule has 1 unspecified atom stereocenters. The summed E-state index contributed by atoms with van der Waals surface area (Å²) < 4.78 is 5.68. The van der Waals surface area contributed by atoms with Gasteiger partial charge < -0.3 is 4.74 Å². The van der Waals surface area contributed by atoms with Crippen LogP contribution in [0.25, 0.3) is 0 Å². The Bertz CT molecular complexity index is 331. The van der Waals surface area contributed by atoms with Crippen LogP contribution >= 0.6 is 11.8 Å². The smallest absolute Gasteiger partial charge is 0.120 e. The number of nitrogens with two attached hydrogens (primary N) is 1. The molecule has 0 heterocycles. The third-order valence-corrected chi connectivity index (χ3v) is 3.30. The van der Waals surface area contributed by atoms with Crippen molar-refractivity contribution in [1.82, 2.24) is 5.43 Å². The van der Waals surface area contributed by atoms with Crippen LogP contribution in [0.1, 0.15) is 32.4 Å². The maximum atomic E-state index is 5.68. The summed E-state index contributed by atoms with van der Waals surface area (Å²) in [4.78, 5) is 0. The van der Waals surface area contributed by atoms with Crippen LogP contribution in [0, 0.1) is 0 Å². The number of hydrogen-bond acceptors (Lipinski definition) is 4. The van der Waals surface area contributed by atoms with Crippen LogP contribution < -0.4 is 16.0 Å². The summed E-state index contributed by atoms with van der Waals surface area (Å²) in [6.07, 6.45) is 0.194. The fourth-order valence-corrected chi connectivity index (χ4v) is 2.31. The van der Waals surface area contributed by atoms with Gasteiger partial charge in [0, 0.05) is 5.75 Å². The number of nitrogens with one attached hydrogen (secondary N) is 1. The van der Waals surface area contributed by atoms with Crippen molar-refractivity contribution >= 4 is 11.8 Å². The number of thioether (sulfide) groups is 1. The molecule has 0 aliphatic rings. The first kappa shape index (κ1) is 14.4. The minimum absolute atomic E-state index is 0.177. The van der Waals surface area contributed by atoms with Gasteiger partial charge in [0.25, 0.3) is 0 Å². The van der Waals surface area contributed by atoms with E-state index in [2.05, 4.69) is 24.5 Å². The first-order chi connectivity index (χ1) is 8.17. The average molecular weight is 254 g/mol. The van der Waals surface area contributed by atoms with E-state index < -0.39 is 0 Å². The van der Waals surface area contributed by atoms with Gasteiger partial charge in [-0.15, -0.1) is 0 Å². The van der Waals surface area contributed by atoms with Gasteiger partial charge in [0.05, 0.1) is 12.1 Å². The van der Waals surface area contributed by atoms with Crippen molar-refractivity contribution in [1.29, 1.82) is 0 Å². The Hall–Kier alpha value is -0.710. The summed E-state index contributed by atoms with van der Waals surface area (Å²) >= 11 is 1.87. The summed E-state index contributed by atoms with van der Waals surface area (Å²) in [5.41, 5.74) is 4.03. The first-order valence-corrected chi connectivity index (χ1v) is 7.13. The van der Waals surface area contributed by atoms with Crippen LogP contribution in [0.5, 0.6) is 5.75 Å². The summed E-state index contributed by atoms with van der Waals surface area (Å²) in [5, 5.41) is 0. The van der Waals surface area contributed by atoms with Crippen molar-refractivity contribution in [2.45, 2.75) is 32.9 Å². The minimum atomic E-state index is 0.177. The molecule has 0 spiro atoms. The molecule has 3 nitrogen and oxygen atoms in total. The molecular weight excluding hydrogens is 232 g/mol. The van der Waals surface area contributed by atoms with Crippen LogP contribution in [0.4, 0.5) is 0 Å². The van der Waals surface area contributed by atoms with E-state index in [0.717, 1.165) is 17.3 Å². The molecule has 17 heavy (non-hydrogen) atoms. The third kappa shape index (κ3) is 4.98. The molecule has 1 aromatic carbocycles. The zero-order chi connectivity index (χ0) is 12.7. The summed E-state index contributed by atoms with van der Waals surface area (Å²) in [5.74, 6) is 8.56. The fraction of sp³-hybridized carbons (Fsp3) is 0.538. The van der Waals surface area contributed by atoms with Gasteiger partial charge in [0.1, 0.15) is 5.75 Å². The van der Waals surface area contributed by atoms with E-state index in [9.17, 15) is 0 Å². The molecule has 0 aliphatic carbocycles. The molecule has 96 valence electrons. The molecule has 4 heteroatoms. The van der Waals surface area contributed by atoms with Crippen LogP contribution in [0.2, 0.25) is 0 Å². The molecule has 0 radical (unpaired) electrons. The van der Waals surface area contributed by atoms with Crippen LogP contribution in [-0.4, -0.2) is 17.6 Å². The van der Waals surface area contributed by atoms with E-state index in [1.165, 1.54) is 5.56 Å². The van der Waals surface area contributed by atoms with Gasteiger partial charge in [0.2, 0.25) is 0 Å². The predicted molar refractivity (Wildman–Crippen MR) is 75.3 cm³/mol. The molecule has 1 aromatic rings. The molecular formula is C13H22N2OS. The van der Waals surface area contributed by atoms with E-state index in [4.69, 9.17) is 10.6 Å². The molecule has 0 aromatic heterocycles. The van der Waals surface area contributed by atoms with Gasteiger partial charge in [-0.25, -0.2) is 0 Å². The Morgan fingerprint density at radius 1 is 1.41 bits per heavy atom. The Morgan fingerprint density at radius 2 is 2.18 bits per heavy atom. The normalized spacial score (nSPS) is 12.8. The standard InChI is InChI=1S/C13H22N2OS/c1-4-17-9-13(15-14)11-6-5-7-12(8-11)16-10(2)3/h5-8,10,13,15H,4,9,14H2,1-3H3. The summed E-state index contributed by atoms with van der Waals surface area (Å²) in [6.45, 7) is 6.20. The van der Waals surface area contributed by atoms with Crippen LogP contribution in [0.3, 0.4) is 0 Å². The highest BCUT2D eigenvalue weighted by molar-refractivity contribution is 7.99. The second kappa shape index (κ2) is 7.58. The lowest BCUT2D eigenvalue weighted by atomic mass is 10.1. The van der Waals surface area contributed by atoms with Crippen molar-refractivity contribution in [2.75, 3.05) is 11.5 Å². The molecule has 0 amide bonds. The van der Waals surface area contributed by atoms with E-state index in [1.54, 1.807) is 0 Å². The zero-order valence-corrected chi connectivity index (χ0v) is 11.6. The molecule has 3 N–H and O–H groups in total. The Morgan fingerprint density at radius 3 is 2.76 bits per heavy atom. The van der Waals surface area contributed by atoms with Crippen molar-refractivity contribution in [3.05, 3.63) is 29.8 Å². The maximum absolute atomic E-state index is 5.68. The van der Waals surface area contributed by atoms with E-state index in [0.29, 0.717) is 0 Å². The van der Waals surface area contributed by atoms with Gasteiger partial charge >= 0.3 is 0 Å². The van der Waals surface area contributed by atoms with E-state index in [1.807, 2.05) is 37.7 Å². The van der Waals surface area contributed by atoms with Crippen LogP contribution in [0.15, 0.2) is 24.3 Å². The Labute approximate surface area is 108 Å². The van der Waals surface area contributed by atoms with E-state index in [-0.39, 0.29) is 12.1 Å². The van der Waals surface area contributed by atoms with Crippen LogP contribution in [-0.2, 0) is 0 Å². The van der Waals surface area contributed by atoms with Gasteiger partial charge in [0.15, 0.2) is 0 Å². The number of rotatable bonds is 7. The molecule has 1 atom stereocenters. The quantitative estimate of drug-likeness (QED) is 0.580. The minimum Gasteiger partial charge on any atom is -0.491 e. The second-order valence-corrected chi connectivity index (χ2v) is 5.44. The lowest BCUT2D eigenvalue weighted by Crippen LogP contribution is -2.29. The second-order valence-electron chi connectivity index (χ2n) is 4.12. The molecule has 0 bridgehead atoms. The fourth-order valence-electron chi connectivity index (χ4n) is 1.55. The van der Waals surface area contributed by atoms with Gasteiger partial charge in [-0.3, -0.25) is 11.3 Å².